The van der Waals surface area contributed by atoms with Crippen LogP contribution >= 0.6 is 16.3 Å². The van der Waals surface area contributed by atoms with Gasteiger partial charge >= 0.3 is 8.25 Å². The molecule has 0 amide bonds. The number of ketones is 1. The molecule has 0 saturated carbocycles. The number of rotatable bonds is 4. The van der Waals surface area contributed by atoms with Crippen molar-refractivity contribution in [3.05, 3.63) is 59.2 Å². The van der Waals surface area contributed by atoms with E-state index in [0.29, 0.717) is 16.7 Å². The van der Waals surface area contributed by atoms with Gasteiger partial charge in [0.1, 0.15) is 0 Å². The second-order valence-corrected chi connectivity index (χ2v) is 6.94. The molecule has 0 aromatic heterocycles. The molecule has 9 heteroatoms. The van der Waals surface area contributed by atoms with Crippen molar-refractivity contribution in [2.24, 2.45) is 0 Å². The summed E-state index contributed by atoms with van der Waals surface area (Å²) in [5.74, 6) is -0.450. The zero-order valence-electron chi connectivity index (χ0n) is 11.5. The molecule has 0 spiro atoms. The molecular weight excluding hydrogens is 342 g/mol. The molecule has 7 nitrogen and oxygen atoms in total. The number of fused-ring (bicyclic) bond motifs is 3. The Morgan fingerprint density at radius 3 is 2.13 bits per heavy atom. The molecule has 1 aliphatic carbocycles. The van der Waals surface area contributed by atoms with Gasteiger partial charge in [0, 0.05) is 16.7 Å². The first-order valence-electron chi connectivity index (χ1n) is 6.51. The van der Waals surface area contributed by atoms with Gasteiger partial charge in [-0.3, -0.25) is 18.4 Å². The van der Waals surface area contributed by atoms with Crippen molar-refractivity contribution in [1.82, 2.24) is 0 Å². The standard InChI is InChI=1S/C14H12O7P2/c15-13-10-5-2-1-4-8(10)9-6-3-7-11(12(9)13)14(16,22(17)18)21-23(19)20/h1-7,16,22-23H,(H,17,18)(H,19,20). The Hall–Kier alpha value is -1.59. The minimum absolute atomic E-state index is 0.00755. The highest BCUT2D eigenvalue weighted by Gasteiger charge is 2.44. The van der Waals surface area contributed by atoms with Crippen LogP contribution in [0.25, 0.3) is 11.1 Å². The fourth-order valence-electron chi connectivity index (χ4n) is 2.69. The molecule has 120 valence electrons. The van der Waals surface area contributed by atoms with Crippen LogP contribution in [0, 0.1) is 0 Å². The molecule has 0 radical (unpaired) electrons. The van der Waals surface area contributed by atoms with E-state index in [9.17, 15) is 23.9 Å². The average Bonchev–Trinajstić information content (AvgIpc) is 2.80. The minimum atomic E-state index is -3.85. The van der Waals surface area contributed by atoms with Crippen molar-refractivity contribution < 1.29 is 33.3 Å². The van der Waals surface area contributed by atoms with E-state index in [1.165, 1.54) is 12.1 Å². The van der Waals surface area contributed by atoms with E-state index in [1.54, 1.807) is 30.3 Å². The molecule has 3 N–H and O–H groups in total. The van der Waals surface area contributed by atoms with Gasteiger partial charge in [0.05, 0.1) is 0 Å². The number of carbonyl (C=O) groups excluding carboxylic acids is 1. The van der Waals surface area contributed by atoms with Crippen LogP contribution in [0.4, 0.5) is 0 Å². The Labute approximate surface area is 132 Å². The molecule has 23 heavy (non-hydrogen) atoms. The maximum absolute atomic E-state index is 12.6. The second kappa shape index (κ2) is 5.80. The van der Waals surface area contributed by atoms with E-state index in [4.69, 9.17) is 4.89 Å². The fraction of sp³-hybridized carbons (Fsp3) is 0.0714. The molecule has 3 rings (SSSR count). The van der Waals surface area contributed by atoms with Gasteiger partial charge in [0.25, 0.3) is 13.6 Å². The summed E-state index contributed by atoms with van der Waals surface area (Å²) in [6.45, 7) is 0. The highest BCUT2D eigenvalue weighted by Crippen LogP contribution is 2.51. The van der Waals surface area contributed by atoms with Gasteiger partial charge in [0.2, 0.25) is 0 Å². The lowest BCUT2D eigenvalue weighted by molar-refractivity contribution is -0.0744. The summed E-state index contributed by atoms with van der Waals surface area (Å²) in [7, 11) is -7.58. The van der Waals surface area contributed by atoms with Crippen molar-refractivity contribution in [3.8, 4) is 11.1 Å². The molecule has 0 aliphatic heterocycles. The van der Waals surface area contributed by atoms with Crippen molar-refractivity contribution >= 4 is 22.1 Å². The molecule has 2 aromatic carbocycles. The van der Waals surface area contributed by atoms with Crippen molar-refractivity contribution in [3.63, 3.8) is 0 Å². The molecule has 3 atom stereocenters. The molecule has 0 bridgehead atoms. The van der Waals surface area contributed by atoms with E-state index >= 15 is 0 Å². The second-order valence-electron chi connectivity index (χ2n) is 4.92. The first kappa shape index (κ1) is 16.3. The first-order valence-corrected chi connectivity index (χ1v) is 9.13. The third-order valence-electron chi connectivity index (χ3n) is 3.64. The molecule has 0 saturated heterocycles. The third kappa shape index (κ3) is 2.52. The normalized spacial score (nSPS) is 18.0. The summed E-state index contributed by atoms with van der Waals surface area (Å²) in [6, 6.07) is 11.0. The summed E-state index contributed by atoms with van der Waals surface area (Å²) in [4.78, 5) is 31.0. The zero-order valence-corrected chi connectivity index (χ0v) is 13.5. The van der Waals surface area contributed by atoms with Crippen molar-refractivity contribution in [2.45, 2.75) is 5.53 Å². The lowest BCUT2D eigenvalue weighted by Crippen LogP contribution is -2.25. The van der Waals surface area contributed by atoms with Crippen LogP contribution in [-0.2, 0) is 19.2 Å². The predicted molar refractivity (Wildman–Crippen MR) is 82.7 cm³/mol. The van der Waals surface area contributed by atoms with Gasteiger partial charge < -0.3 is 14.9 Å². The van der Waals surface area contributed by atoms with Gasteiger partial charge in [-0.15, -0.1) is 0 Å². The predicted octanol–water partition coefficient (Wildman–Crippen LogP) is 1.87. The van der Waals surface area contributed by atoms with Gasteiger partial charge in [-0.05, 0) is 11.1 Å². The Balaban J connectivity index is 2.27. The highest BCUT2D eigenvalue weighted by atomic mass is 31.1. The Bertz CT molecular complexity index is 864. The van der Waals surface area contributed by atoms with Gasteiger partial charge in [-0.2, -0.15) is 0 Å². The van der Waals surface area contributed by atoms with Crippen molar-refractivity contribution in [1.29, 1.82) is 0 Å². The van der Waals surface area contributed by atoms with E-state index in [1.807, 2.05) is 0 Å². The van der Waals surface area contributed by atoms with Crippen LogP contribution in [0.3, 0.4) is 0 Å². The number of hydrogen-bond acceptors (Lipinski definition) is 5. The van der Waals surface area contributed by atoms with E-state index in [2.05, 4.69) is 4.52 Å². The van der Waals surface area contributed by atoms with Gasteiger partial charge in [-0.1, -0.05) is 42.5 Å². The summed E-state index contributed by atoms with van der Waals surface area (Å²) < 4.78 is 27.0. The Morgan fingerprint density at radius 1 is 0.913 bits per heavy atom. The quantitative estimate of drug-likeness (QED) is 0.483. The van der Waals surface area contributed by atoms with Crippen LogP contribution in [-0.4, -0.2) is 20.7 Å². The topological polar surface area (TPSA) is 121 Å². The third-order valence-corrected chi connectivity index (χ3v) is 5.27. The minimum Gasteiger partial charge on any atom is -0.354 e. The summed E-state index contributed by atoms with van der Waals surface area (Å²) in [5, 5.41) is 10.4. The number of hydrogen-bond donors (Lipinski definition) is 3. The smallest absolute Gasteiger partial charge is 0.319 e. The van der Waals surface area contributed by atoms with Crippen LogP contribution < -0.4 is 0 Å². The summed E-state index contributed by atoms with van der Waals surface area (Å²) in [6.07, 6.45) is 0. The lowest BCUT2D eigenvalue weighted by Gasteiger charge is -2.25. The van der Waals surface area contributed by atoms with Gasteiger partial charge in [0.15, 0.2) is 5.78 Å². The molecule has 3 unspecified atom stereocenters. The molecule has 1 aliphatic rings. The van der Waals surface area contributed by atoms with Crippen molar-refractivity contribution in [2.75, 3.05) is 0 Å². The van der Waals surface area contributed by atoms with Gasteiger partial charge in [-0.25, -0.2) is 0 Å². The van der Waals surface area contributed by atoms with E-state index in [0.717, 1.165) is 0 Å². The number of benzene rings is 2. The monoisotopic (exact) mass is 354 g/mol. The molecule has 0 fully saturated rings. The lowest BCUT2D eigenvalue weighted by atomic mass is 10.0. The summed E-state index contributed by atoms with van der Waals surface area (Å²) in [5.41, 5.74) is -1.75. The Kier molecular flexibility index (Phi) is 4.10. The van der Waals surface area contributed by atoms with Crippen LogP contribution in [0.2, 0.25) is 0 Å². The molecular formula is C14H12O7P2. The van der Waals surface area contributed by atoms with Crippen LogP contribution in [0.5, 0.6) is 0 Å². The van der Waals surface area contributed by atoms with Crippen LogP contribution in [0.1, 0.15) is 21.5 Å². The molecule has 0 heterocycles. The Morgan fingerprint density at radius 2 is 1.52 bits per heavy atom. The zero-order chi connectivity index (χ0) is 16.8. The summed E-state index contributed by atoms with van der Waals surface area (Å²) >= 11 is 0. The SMILES string of the molecule is O=C1c2ccccc2-c2cccc(C(O)(O[PH](=O)O)[PH](=O)O)c21. The largest absolute Gasteiger partial charge is 0.354 e. The maximum Gasteiger partial charge on any atom is 0.319 e. The fourth-order valence-corrected chi connectivity index (χ4v) is 4.11. The number of aliphatic hydroxyl groups is 1. The average molecular weight is 354 g/mol. The highest BCUT2D eigenvalue weighted by molar-refractivity contribution is 7.40. The van der Waals surface area contributed by atoms with E-state index < -0.39 is 27.6 Å². The van der Waals surface area contributed by atoms with E-state index in [-0.39, 0.29) is 11.1 Å². The molecule has 2 aromatic rings. The first-order chi connectivity index (χ1) is 10.9. The number of carbonyl (C=O) groups is 1. The van der Waals surface area contributed by atoms with Crippen LogP contribution in [0.15, 0.2) is 42.5 Å². The maximum atomic E-state index is 12.6.